The second-order valence-electron chi connectivity index (χ2n) is 6.84. The van der Waals surface area contributed by atoms with Gasteiger partial charge in [-0.1, -0.05) is 30.7 Å². The highest BCUT2D eigenvalue weighted by Crippen LogP contribution is 2.19. The molecule has 4 nitrogen and oxygen atoms in total. The third kappa shape index (κ3) is 6.05. The lowest BCUT2D eigenvalue weighted by Gasteiger charge is -2.23. The highest BCUT2D eigenvalue weighted by Gasteiger charge is 2.15. The number of hydrogen-bond donors (Lipinski definition) is 1. The summed E-state index contributed by atoms with van der Waals surface area (Å²) in [5.41, 5.74) is 3.03. The van der Waals surface area contributed by atoms with Crippen molar-refractivity contribution in [2.45, 2.75) is 31.3 Å². The van der Waals surface area contributed by atoms with Crippen LogP contribution in [0.1, 0.15) is 24.6 Å². The topological polar surface area (TPSA) is 37.3 Å². The lowest BCUT2D eigenvalue weighted by molar-refractivity contribution is 0.208. The fourth-order valence-corrected chi connectivity index (χ4v) is 3.80. The van der Waals surface area contributed by atoms with Crippen molar-refractivity contribution in [3.05, 3.63) is 83.1 Å². The van der Waals surface area contributed by atoms with Crippen LogP contribution in [-0.2, 0) is 13.1 Å². The van der Waals surface area contributed by atoms with Gasteiger partial charge in [-0.15, -0.1) is 11.8 Å². The molecule has 0 unspecified atom stereocenters. The van der Waals surface area contributed by atoms with Crippen LogP contribution in [0.5, 0.6) is 0 Å². The number of carbonyl (C=O) groups excluding carboxylic acids is 1. The van der Waals surface area contributed by atoms with Crippen LogP contribution in [0, 0.1) is 0 Å². The van der Waals surface area contributed by atoms with Crippen molar-refractivity contribution in [2.24, 2.45) is 0 Å². The molecular formula is C23H26ClN3OS. The van der Waals surface area contributed by atoms with Crippen LogP contribution in [-0.4, -0.2) is 28.3 Å². The lowest BCUT2D eigenvalue weighted by Crippen LogP contribution is -2.35. The molecule has 3 rings (SSSR count). The summed E-state index contributed by atoms with van der Waals surface area (Å²) >= 11 is 7.80. The van der Waals surface area contributed by atoms with E-state index in [-0.39, 0.29) is 6.03 Å². The Balaban J connectivity index is 1.70. The molecule has 0 aliphatic heterocycles. The van der Waals surface area contributed by atoms with Gasteiger partial charge in [-0.2, -0.15) is 0 Å². The van der Waals surface area contributed by atoms with Crippen molar-refractivity contribution in [3.63, 3.8) is 0 Å². The van der Waals surface area contributed by atoms with Crippen LogP contribution in [0.25, 0.3) is 0 Å². The summed E-state index contributed by atoms with van der Waals surface area (Å²) in [5, 5.41) is 3.75. The van der Waals surface area contributed by atoms with Gasteiger partial charge in [0, 0.05) is 40.6 Å². The minimum absolute atomic E-state index is 0.0840. The summed E-state index contributed by atoms with van der Waals surface area (Å²) in [5.74, 6) is 0. The first-order valence-electron chi connectivity index (χ1n) is 9.67. The molecule has 0 bridgehead atoms. The Morgan fingerprint density at radius 2 is 1.93 bits per heavy atom. The van der Waals surface area contributed by atoms with E-state index in [9.17, 15) is 4.79 Å². The van der Waals surface area contributed by atoms with Crippen LogP contribution >= 0.6 is 23.4 Å². The number of carbonyl (C=O) groups is 1. The van der Waals surface area contributed by atoms with Crippen molar-refractivity contribution in [2.75, 3.05) is 18.1 Å². The summed E-state index contributed by atoms with van der Waals surface area (Å²) < 4.78 is 2.16. The predicted molar refractivity (Wildman–Crippen MR) is 123 cm³/mol. The maximum Gasteiger partial charge on any atom is 0.322 e. The van der Waals surface area contributed by atoms with E-state index >= 15 is 0 Å². The van der Waals surface area contributed by atoms with Crippen molar-refractivity contribution in [1.82, 2.24) is 9.47 Å². The van der Waals surface area contributed by atoms with Gasteiger partial charge in [-0.3, -0.25) is 0 Å². The molecule has 152 valence electrons. The lowest BCUT2D eigenvalue weighted by atomic mass is 10.2. The third-order valence-corrected chi connectivity index (χ3v) is 5.62. The number of urea groups is 1. The number of anilines is 1. The molecule has 0 radical (unpaired) electrons. The zero-order chi connectivity index (χ0) is 20.6. The number of aromatic nitrogens is 1. The molecular weight excluding hydrogens is 402 g/mol. The number of halogens is 1. The molecule has 1 N–H and O–H groups in total. The molecule has 29 heavy (non-hydrogen) atoms. The first-order valence-corrected chi connectivity index (χ1v) is 11.3. The molecule has 1 heterocycles. The molecule has 2 amide bonds. The first-order chi connectivity index (χ1) is 14.1. The maximum atomic E-state index is 12.9. The minimum atomic E-state index is -0.0840. The Bertz CT molecular complexity index is 939. The van der Waals surface area contributed by atoms with E-state index in [1.54, 1.807) is 11.8 Å². The Kier molecular flexibility index (Phi) is 7.67. The molecule has 0 aliphatic carbocycles. The number of hydrogen-bond acceptors (Lipinski definition) is 2. The molecule has 0 saturated heterocycles. The Morgan fingerprint density at radius 3 is 2.62 bits per heavy atom. The van der Waals surface area contributed by atoms with Crippen molar-refractivity contribution in [3.8, 4) is 0 Å². The van der Waals surface area contributed by atoms with Gasteiger partial charge in [-0.25, -0.2) is 4.79 Å². The Labute approximate surface area is 181 Å². The van der Waals surface area contributed by atoms with Gasteiger partial charge in [0.2, 0.25) is 0 Å². The first kappa shape index (κ1) is 21.3. The van der Waals surface area contributed by atoms with Gasteiger partial charge in [0.15, 0.2) is 0 Å². The number of amides is 2. The molecule has 0 atom stereocenters. The van der Waals surface area contributed by atoms with E-state index in [1.165, 1.54) is 4.90 Å². The van der Waals surface area contributed by atoms with Gasteiger partial charge in [0.1, 0.15) is 0 Å². The average molecular weight is 428 g/mol. The van der Waals surface area contributed by atoms with Crippen molar-refractivity contribution < 1.29 is 4.79 Å². The fraction of sp³-hybridized carbons (Fsp3) is 0.261. The summed E-state index contributed by atoms with van der Waals surface area (Å²) in [6, 6.07) is 19.8. The van der Waals surface area contributed by atoms with E-state index in [4.69, 9.17) is 11.6 Å². The Morgan fingerprint density at radius 1 is 1.14 bits per heavy atom. The molecule has 0 fully saturated rings. The van der Waals surface area contributed by atoms with Crippen molar-refractivity contribution >= 4 is 35.1 Å². The summed E-state index contributed by atoms with van der Waals surface area (Å²) in [6.07, 6.45) is 4.97. The third-order valence-electron chi connectivity index (χ3n) is 4.64. The molecule has 2 aromatic carbocycles. The van der Waals surface area contributed by atoms with E-state index < -0.39 is 0 Å². The second-order valence-corrected chi connectivity index (χ2v) is 8.15. The van der Waals surface area contributed by atoms with Crippen LogP contribution in [0.4, 0.5) is 10.5 Å². The van der Waals surface area contributed by atoms with E-state index in [0.717, 1.165) is 34.9 Å². The van der Waals surface area contributed by atoms with E-state index in [2.05, 4.69) is 28.9 Å². The molecule has 6 heteroatoms. The SMILES string of the molecule is CCCN(Cc1cccn1Cc1cccc(Cl)c1)C(=O)Nc1ccc(SC)cc1. The standard InChI is InChI=1S/C23H26ClN3OS/c1-3-13-27(23(28)25-20-9-11-22(29-2)12-10-20)17-21-8-5-14-26(21)16-18-6-4-7-19(24)15-18/h4-12,14-15H,3,13,16-17H2,1-2H3,(H,25,28). The number of nitrogens with one attached hydrogen (secondary N) is 1. The summed E-state index contributed by atoms with van der Waals surface area (Å²) in [6.45, 7) is 4.05. The number of nitrogens with zero attached hydrogens (tertiary/aromatic N) is 2. The zero-order valence-electron chi connectivity index (χ0n) is 16.8. The average Bonchev–Trinajstić information content (AvgIpc) is 3.15. The van der Waals surface area contributed by atoms with Crippen LogP contribution in [0.2, 0.25) is 5.02 Å². The minimum Gasteiger partial charge on any atom is -0.345 e. The molecule has 1 aromatic heterocycles. The van der Waals surface area contributed by atoms with Gasteiger partial charge < -0.3 is 14.8 Å². The number of thioether (sulfide) groups is 1. The normalized spacial score (nSPS) is 10.7. The quantitative estimate of drug-likeness (QED) is 0.425. The number of rotatable bonds is 8. The highest BCUT2D eigenvalue weighted by atomic mass is 35.5. The van der Waals surface area contributed by atoms with Gasteiger partial charge in [0.05, 0.1) is 6.54 Å². The zero-order valence-corrected chi connectivity index (χ0v) is 18.3. The molecule has 0 spiro atoms. The van der Waals surface area contributed by atoms with Gasteiger partial charge in [-0.05, 0) is 66.8 Å². The predicted octanol–water partition coefficient (Wildman–Crippen LogP) is 6.36. The van der Waals surface area contributed by atoms with Gasteiger partial charge >= 0.3 is 6.03 Å². The maximum absolute atomic E-state index is 12.9. The molecule has 3 aromatic rings. The second kappa shape index (κ2) is 10.4. The smallest absolute Gasteiger partial charge is 0.322 e. The monoisotopic (exact) mass is 427 g/mol. The highest BCUT2D eigenvalue weighted by molar-refractivity contribution is 7.98. The molecule has 0 aliphatic rings. The Hall–Kier alpha value is -2.37. The van der Waals surface area contributed by atoms with Crippen molar-refractivity contribution in [1.29, 1.82) is 0 Å². The summed E-state index contributed by atoms with van der Waals surface area (Å²) in [4.78, 5) is 15.9. The summed E-state index contributed by atoms with van der Waals surface area (Å²) in [7, 11) is 0. The molecule has 0 saturated carbocycles. The van der Waals surface area contributed by atoms with E-state index in [1.807, 2.05) is 65.9 Å². The van der Waals surface area contributed by atoms with Crippen LogP contribution < -0.4 is 5.32 Å². The fourth-order valence-electron chi connectivity index (χ4n) is 3.17. The van der Waals surface area contributed by atoms with Gasteiger partial charge in [0.25, 0.3) is 0 Å². The number of benzene rings is 2. The van der Waals surface area contributed by atoms with Crippen LogP contribution in [0.15, 0.2) is 71.8 Å². The van der Waals surface area contributed by atoms with Crippen LogP contribution in [0.3, 0.4) is 0 Å². The van der Waals surface area contributed by atoms with E-state index in [0.29, 0.717) is 13.1 Å². The largest absolute Gasteiger partial charge is 0.345 e.